The molecule has 1 fully saturated rings. The Morgan fingerprint density at radius 1 is 1.47 bits per heavy atom. The molecule has 0 aromatic heterocycles. The zero-order chi connectivity index (χ0) is 13.9. The van der Waals surface area contributed by atoms with Crippen molar-refractivity contribution >= 4 is 5.97 Å². The minimum absolute atomic E-state index is 0.0779. The predicted molar refractivity (Wildman–Crippen MR) is 71.4 cm³/mol. The van der Waals surface area contributed by atoms with Crippen molar-refractivity contribution in [2.24, 2.45) is 5.41 Å². The van der Waals surface area contributed by atoms with Gasteiger partial charge < -0.3 is 14.6 Å². The van der Waals surface area contributed by atoms with E-state index in [2.05, 4.69) is 0 Å². The molecule has 1 aromatic carbocycles. The van der Waals surface area contributed by atoms with Crippen LogP contribution in [0.25, 0.3) is 0 Å². The van der Waals surface area contributed by atoms with Gasteiger partial charge in [0.2, 0.25) is 0 Å². The molecular formula is C15H20O4. The van der Waals surface area contributed by atoms with Crippen LogP contribution in [0.3, 0.4) is 0 Å². The third-order valence-electron chi connectivity index (χ3n) is 3.37. The Morgan fingerprint density at radius 3 is 2.84 bits per heavy atom. The first-order valence-corrected chi connectivity index (χ1v) is 6.55. The maximum Gasteiger partial charge on any atom is 0.309 e. The molecule has 0 amide bonds. The maximum absolute atomic E-state index is 11.2. The Labute approximate surface area is 113 Å². The highest BCUT2D eigenvalue weighted by molar-refractivity contribution is 5.74. The van der Waals surface area contributed by atoms with E-state index >= 15 is 0 Å². The minimum Gasteiger partial charge on any atom is -0.488 e. The van der Waals surface area contributed by atoms with E-state index in [0.717, 1.165) is 24.3 Å². The van der Waals surface area contributed by atoms with E-state index < -0.39 is 11.4 Å². The van der Waals surface area contributed by atoms with Crippen LogP contribution in [0.4, 0.5) is 0 Å². The van der Waals surface area contributed by atoms with Gasteiger partial charge in [-0.05, 0) is 31.9 Å². The molecule has 0 aliphatic carbocycles. The van der Waals surface area contributed by atoms with Gasteiger partial charge in [0.1, 0.15) is 11.9 Å². The summed E-state index contributed by atoms with van der Waals surface area (Å²) in [6, 6.07) is 7.63. The number of hydrogen-bond acceptors (Lipinski definition) is 3. The molecule has 1 aliphatic heterocycles. The van der Waals surface area contributed by atoms with Crippen molar-refractivity contribution in [2.45, 2.75) is 32.8 Å². The maximum atomic E-state index is 11.2. The third-order valence-corrected chi connectivity index (χ3v) is 3.37. The average molecular weight is 264 g/mol. The lowest BCUT2D eigenvalue weighted by Crippen LogP contribution is -2.27. The van der Waals surface area contributed by atoms with E-state index in [9.17, 15) is 9.90 Å². The van der Waals surface area contributed by atoms with Crippen LogP contribution >= 0.6 is 0 Å². The first-order chi connectivity index (χ1) is 8.99. The van der Waals surface area contributed by atoms with Crippen LogP contribution in [0.15, 0.2) is 24.3 Å². The van der Waals surface area contributed by atoms with Crippen molar-refractivity contribution in [3.8, 4) is 5.75 Å². The second-order valence-electron chi connectivity index (χ2n) is 5.58. The summed E-state index contributed by atoms with van der Waals surface area (Å²) in [5, 5.41) is 9.22. The van der Waals surface area contributed by atoms with Crippen LogP contribution in [0.5, 0.6) is 5.75 Å². The summed E-state index contributed by atoms with van der Waals surface area (Å²) in [6.07, 6.45) is 1.41. The average Bonchev–Trinajstić information content (AvgIpc) is 2.84. The van der Waals surface area contributed by atoms with Crippen molar-refractivity contribution in [3.05, 3.63) is 29.8 Å². The highest BCUT2D eigenvalue weighted by Gasteiger charge is 2.29. The molecule has 1 aliphatic rings. The Bertz CT molecular complexity index is 447. The summed E-state index contributed by atoms with van der Waals surface area (Å²) < 4.78 is 11.2. The molecule has 4 heteroatoms. The first-order valence-electron chi connectivity index (χ1n) is 6.55. The number of hydrogen-bond donors (Lipinski definition) is 1. The molecule has 1 atom stereocenters. The van der Waals surface area contributed by atoms with E-state index in [1.165, 1.54) is 0 Å². The van der Waals surface area contributed by atoms with Crippen molar-refractivity contribution in [1.82, 2.24) is 0 Å². The summed E-state index contributed by atoms with van der Waals surface area (Å²) in [5.74, 6) is -0.0289. The summed E-state index contributed by atoms with van der Waals surface area (Å²) in [7, 11) is 0. The van der Waals surface area contributed by atoms with Gasteiger partial charge in [0.05, 0.1) is 18.6 Å². The third kappa shape index (κ3) is 3.47. The highest BCUT2D eigenvalue weighted by Crippen LogP contribution is 2.29. The van der Waals surface area contributed by atoms with Gasteiger partial charge in [-0.15, -0.1) is 0 Å². The van der Waals surface area contributed by atoms with Gasteiger partial charge in [-0.1, -0.05) is 18.2 Å². The number of carboxylic acid groups (broad SMARTS) is 1. The van der Waals surface area contributed by atoms with Crippen molar-refractivity contribution < 1.29 is 19.4 Å². The largest absolute Gasteiger partial charge is 0.488 e. The second kappa shape index (κ2) is 5.61. The van der Waals surface area contributed by atoms with Crippen molar-refractivity contribution in [2.75, 3.05) is 13.2 Å². The number of ether oxygens (including phenoxy) is 2. The van der Waals surface area contributed by atoms with Crippen LogP contribution in [0, 0.1) is 5.41 Å². The van der Waals surface area contributed by atoms with E-state index in [1.54, 1.807) is 13.8 Å². The summed E-state index contributed by atoms with van der Waals surface area (Å²) in [6.45, 7) is 4.79. The van der Waals surface area contributed by atoms with E-state index in [-0.39, 0.29) is 6.10 Å². The highest BCUT2D eigenvalue weighted by atomic mass is 16.5. The van der Waals surface area contributed by atoms with Crippen molar-refractivity contribution in [1.29, 1.82) is 0 Å². The zero-order valence-corrected chi connectivity index (χ0v) is 11.4. The molecule has 2 rings (SSSR count). The molecule has 0 spiro atoms. The van der Waals surface area contributed by atoms with Crippen LogP contribution < -0.4 is 4.74 Å². The van der Waals surface area contributed by atoms with Gasteiger partial charge in [0, 0.05) is 6.42 Å². The predicted octanol–water partition coefficient (Wildman–Crippen LogP) is 2.51. The van der Waals surface area contributed by atoms with Crippen LogP contribution in [0.2, 0.25) is 0 Å². The molecule has 104 valence electrons. The number of aliphatic carboxylic acids is 1. The van der Waals surface area contributed by atoms with Gasteiger partial charge in [-0.2, -0.15) is 0 Å². The van der Waals surface area contributed by atoms with E-state index in [0.29, 0.717) is 13.0 Å². The molecule has 1 N–H and O–H groups in total. The summed E-state index contributed by atoms with van der Waals surface area (Å²) in [4.78, 5) is 11.2. The lowest BCUT2D eigenvalue weighted by atomic mass is 9.85. The quantitative estimate of drug-likeness (QED) is 0.887. The number of para-hydroxylation sites is 1. The van der Waals surface area contributed by atoms with Crippen LogP contribution in [-0.2, 0) is 16.0 Å². The molecule has 4 nitrogen and oxygen atoms in total. The fourth-order valence-corrected chi connectivity index (χ4v) is 2.10. The van der Waals surface area contributed by atoms with Gasteiger partial charge in [0.15, 0.2) is 0 Å². The summed E-state index contributed by atoms with van der Waals surface area (Å²) in [5.41, 5.74) is 0.132. The molecule has 0 saturated carbocycles. The molecule has 1 heterocycles. The lowest BCUT2D eigenvalue weighted by molar-refractivity contribution is -0.146. The van der Waals surface area contributed by atoms with Crippen LogP contribution in [0.1, 0.15) is 25.8 Å². The number of carboxylic acids is 1. The number of benzene rings is 1. The Hall–Kier alpha value is -1.55. The first kappa shape index (κ1) is 13.9. The Morgan fingerprint density at radius 2 is 2.21 bits per heavy atom. The normalized spacial score (nSPS) is 19.4. The van der Waals surface area contributed by atoms with Gasteiger partial charge in [-0.25, -0.2) is 0 Å². The molecule has 1 unspecified atom stereocenters. The standard InChI is InChI=1S/C15H20O4/c1-15(2,14(16)17)9-11-5-3-4-6-13(11)19-12-7-8-18-10-12/h3-6,12H,7-10H2,1-2H3,(H,16,17). The monoisotopic (exact) mass is 264 g/mol. The Balaban J connectivity index is 2.13. The van der Waals surface area contributed by atoms with Gasteiger partial charge >= 0.3 is 5.97 Å². The minimum atomic E-state index is -0.800. The smallest absolute Gasteiger partial charge is 0.309 e. The SMILES string of the molecule is CC(C)(Cc1ccccc1OC1CCOC1)C(=O)O. The second-order valence-corrected chi connectivity index (χ2v) is 5.58. The van der Waals surface area contributed by atoms with E-state index in [4.69, 9.17) is 9.47 Å². The molecular weight excluding hydrogens is 244 g/mol. The molecule has 0 radical (unpaired) electrons. The van der Waals surface area contributed by atoms with Crippen LogP contribution in [-0.4, -0.2) is 30.4 Å². The molecule has 1 saturated heterocycles. The fraction of sp³-hybridized carbons (Fsp3) is 0.533. The number of rotatable bonds is 5. The van der Waals surface area contributed by atoms with Gasteiger partial charge in [-0.3, -0.25) is 4.79 Å². The zero-order valence-electron chi connectivity index (χ0n) is 11.4. The fourth-order valence-electron chi connectivity index (χ4n) is 2.10. The number of carbonyl (C=O) groups is 1. The van der Waals surface area contributed by atoms with Crippen molar-refractivity contribution in [3.63, 3.8) is 0 Å². The van der Waals surface area contributed by atoms with Gasteiger partial charge in [0.25, 0.3) is 0 Å². The molecule has 19 heavy (non-hydrogen) atoms. The topological polar surface area (TPSA) is 55.8 Å². The summed E-state index contributed by atoms with van der Waals surface area (Å²) >= 11 is 0. The Kier molecular flexibility index (Phi) is 4.10. The molecule has 0 bridgehead atoms. The van der Waals surface area contributed by atoms with E-state index in [1.807, 2.05) is 24.3 Å². The lowest BCUT2D eigenvalue weighted by Gasteiger charge is -2.22. The molecule has 1 aromatic rings.